The molecule has 2 aromatic carbocycles. The van der Waals surface area contributed by atoms with Crippen molar-refractivity contribution in [1.82, 2.24) is 13.9 Å². The van der Waals surface area contributed by atoms with E-state index in [2.05, 4.69) is 25.1 Å². The van der Waals surface area contributed by atoms with Crippen LogP contribution in [-0.4, -0.2) is 19.7 Å². The summed E-state index contributed by atoms with van der Waals surface area (Å²) in [6.45, 7) is 2.06. The minimum absolute atomic E-state index is 0.0326. The summed E-state index contributed by atoms with van der Waals surface area (Å²) >= 11 is 0. The average Bonchev–Trinajstić information content (AvgIpc) is 3.21. The van der Waals surface area contributed by atoms with Crippen molar-refractivity contribution < 1.29 is 4.79 Å². The molecule has 31 heavy (non-hydrogen) atoms. The average molecular weight is 411 g/mol. The van der Waals surface area contributed by atoms with Gasteiger partial charge in [-0.25, -0.2) is 23.5 Å². The topological polar surface area (TPSA) is 66.0 Å². The molecule has 3 aromatic rings. The summed E-state index contributed by atoms with van der Waals surface area (Å²) in [5, 5.41) is 0. The molecule has 2 aliphatic heterocycles. The second kappa shape index (κ2) is 5.25. The van der Waals surface area contributed by atoms with E-state index in [1.54, 1.807) is 21.5 Å². The third-order valence-corrected chi connectivity index (χ3v) is 8.59. The number of rotatable bonds is 2. The molecule has 8 rings (SSSR count). The van der Waals surface area contributed by atoms with Crippen molar-refractivity contribution in [3.05, 3.63) is 99.3 Å². The second-order valence-corrected chi connectivity index (χ2v) is 9.45. The van der Waals surface area contributed by atoms with Crippen LogP contribution < -0.4 is 11.4 Å². The highest BCUT2D eigenvalue weighted by atomic mass is 16.2. The summed E-state index contributed by atoms with van der Waals surface area (Å²) in [5.41, 5.74) is 0.181. The van der Waals surface area contributed by atoms with E-state index in [0.717, 1.165) is 5.56 Å². The maximum atomic E-state index is 13.6. The molecule has 1 unspecified atom stereocenters. The molecule has 6 nitrogen and oxygen atoms in total. The molecule has 6 atom stereocenters. The quantitative estimate of drug-likeness (QED) is 0.609. The number of benzene rings is 2. The van der Waals surface area contributed by atoms with E-state index >= 15 is 0 Å². The molecular formula is C25H21N3O3. The van der Waals surface area contributed by atoms with Crippen LogP contribution in [0.5, 0.6) is 0 Å². The van der Waals surface area contributed by atoms with Crippen LogP contribution in [0.4, 0.5) is 0 Å². The highest BCUT2D eigenvalue weighted by Gasteiger charge is 2.89. The lowest BCUT2D eigenvalue weighted by atomic mass is 9.72. The first-order chi connectivity index (χ1) is 15.0. The Kier molecular flexibility index (Phi) is 2.93. The van der Waals surface area contributed by atoms with Crippen molar-refractivity contribution >= 4 is 5.78 Å². The highest BCUT2D eigenvalue weighted by Crippen LogP contribution is 2.88. The van der Waals surface area contributed by atoms with Crippen LogP contribution in [-0.2, 0) is 4.79 Å². The van der Waals surface area contributed by atoms with Crippen molar-refractivity contribution in [3.63, 3.8) is 0 Å². The van der Waals surface area contributed by atoms with Gasteiger partial charge in [-0.2, -0.15) is 0 Å². The number of hydrogen-bond acceptors (Lipinski definition) is 3. The molecule has 5 aliphatic rings. The van der Waals surface area contributed by atoms with Gasteiger partial charge in [0.2, 0.25) is 0 Å². The van der Waals surface area contributed by atoms with E-state index in [0.29, 0.717) is 12.1 Å². The maximum Gasteiger partial charge on any atom is 0.352 e. The van der Waals surface area contributed by atoms with Crippen LogP contribution in [0.2, 0.25) is 0 Å². The lowest BCUT2D eigenvalue weighted by Gasteiger charge is -2.42. The number of hydrogen-bond donors (Lipinski definition) is 0. The van der Waals surface area contributed by atoms with E-state index in [1.807, 2.05) is 42.5 Å². The van der Waals surface area contributed by atoms with Gasteiger partial charge in [0.05, 0.1) is 17.8 Å². The molecule has 0 N–H and O–H groups in total. The van der Waals surface area contributed by atoms with E-state index in [-0.39, 0.29) is 46.5 Å². The summed E-state index contributed by atoms with van der Waals surface area (Å²) in [5.74, 6) is 0.335. The van der Waals surface area contributed by atoms with Gasteiger partial charge in [-0.15, -0.1) is 0 Å². The Bertz CT molecular complexity index is 1410. The Morgan fingerprint density at radius 3 is 2.19 bits per heavy atom. The SMILES string of the molecule is C[C@@]12C(=O)C[C@@H](c3ccccc3)C13[C@@H]1C=C[C@H]([C@@H]32)n2c(=O)n(-c3ccccc3)c(=O)n21. The van der Waals surface area contributed by atoms with Gasteiger partial charge in [-0.3, -0.25) is 4.79 Å². The van der Waals surface area contributed by atoms with Gasteiger partial charge in [0, 0.05) is 29.1 Å². The van der Waals surface area contributed by atoms with Gasteiger partial charge in [0.1, 0.15) is 5.78 Å². The Labute approximate surface area is 178 Å². The first-order valence-electron chi connectivity index (χ1n) is 10.8. The zero-order chi connectivity index (χ0) is 21.1. The molecule has 3 aliphatic carbocycles. The predicted octanol–water partition coefficient (Wildman–Crippen LogP) is 2.85. The fraction of sp³-hybridized carbons (Fsp3) is 0.320. The van der Waals surface area contributed by atoms with Crippen molar-refractivity contribution in [3.8, 4) is 5.69 Å². The van der Waals surface area contributed by atoms with Crippen molar-refractivity contribution in [2.75, 3.05) is 0 Å². The van der Waals surface area contributed by atoms with Crippen LogP contribution in [0, 0.1) is 16.7 Å². The van der Waals surface area contributed by atoms with E-state index < -0.39 is 5.41 Å². The molecule has 2 saturated carbocycles. The Balaban J connectivity index is 1.49. The first kappa shape index (κ1) is 17.3. The maximum absolute atomic E-state index is 13.6. The number of carbonyl (C=O) groups excluding carboxylic acids is 1. The fourth-order valence-electron chi connectivity index (χ4n) is 7.46. The molecule has 1 spiro atoms. The van der Waals surface area contributed by atoms with Gasteiger partial charge in [0.25, 0.3) is 0 Å². The van der Waals surface area contributed by atoms with Crippen molar-refractivity contribution in [1.29, 1.82) is 0 Å². The Morgan fingerprint density at radius 1 is 0.839 bits per heavy atom. The Hall–Kier alpha value is -3.41. The standard InChI is InChI=1S/C25H21N3O3/c1-24-20(29)14-17(15-8-4-2-5-9-15)25(24)19-13-12-18(21(24)25)27-22(30)26(23(31)28(19)27)16-10-6-3-7-11-16/h2-13,17-19,21H,14H2,1H3/t17-,18+,19-,21+,24-,25?/m0/s1. The third-order valence-electron chi connectivity index (χ3n) is 8.59. The molecule has 0 saturated heterocycles. The molecule has 2 fully saturated rings. The molecule has 0 radical (unpaired) electrons. The van der Waals surface area contributed by atoms with E-state index in [9.17, 15) is 14.4 Å². The smallest absolute Gasteiger partial charge is 0.299 e. The van der Waals surface area contributed by atoms with Gasteiger partial charge in [-0.05, 0) is 17.7 Å². The fourth-order valence-corrected chi connectivity index (χ4v) is 7.46. The van der Waals surface area contributed by atoms with Crippen LogP contribution >= 0.6 is 0 Å². The number of Topliss-reactive ketones (excluding diaryl/α,β-unsaturated/α-hetero) is 1. The van der Waals surface area contributed by atoms with Gasteiger partial charge in [0.15, 0.2) is 0 Å². The molecule has 0 amide bonds. The van der Waals surface area contributed by atoms with Crippen molar-refractivity contribution in [2.45, 2.75) is 31.3 Å². The summed E-state index contributed by atoms with van der Waals surface area (Å²) < 4.78 is 4.51. The number of nitrogens with zero attached hydrogens (tertiary/aromatic N) is 3. The van der Waals surface area contributed by atoms with E-state index in [1.165, 1.54) is 4.57 Å². The molecule has 154 valence electrons. The van der Waals surface area contributed by atoms with Gasteiger partial charge >= 0.3 is 11.4 Å². The number of aromatic nitrogens is 3. The zero-order valence-corrected chi connectivity index (χ0v) is 17.0. The summed E-state index contributed by atoms with van der Waals surface area (Å²) in [4.78, 5) is 40.3. The minimum atomic E-state index is -0.519. The number of ketones is 1. The lowest BCUT2D eigenvalue weighted by molar-refractivity contribution is -0.123. The minimum Gasteiger partial charge on any atom is -0.299 e. The second-order valence-electron chi connectivity index (χ2n) is 9.45. The highest BCUT2D eigenvalue weighted by molar-refractivity contribution is 5.95. The molecule has 3 heterocycles. The Morgan fingerprint density at radius 2 is 1.48 bits per heavy atom. The van der Waals surface area contributed by atoms with Crippen molar-refractivity contribution in [2.24, 2.45) is 16.7 Å². The summed E-state index contributed by atoms with van der Waals surface area (Å²) in [7, 11) is 0. The predicted molar refractivity (Wildman–Crippen MR) is 114 cm³/mol. The molecule has 1 aromatic heterocycles. The number of para-hydroxylation sites is 1. The largest absolute Gasteiger partial charge is 0.352 e. The van der Waals surface area contributed by atoms with Crippen LogP contribution in [0.3, 0.4) is 0 Å². The summed E-state index contributed by atoms with van der Waals surface area (Å²) in [6.07, 6.45) is 4.60. The molecule has 2 bridgehead atoms. The van der Waals surface area contributed by atoms with Crippen LogP contribution in [0.15, 0.2) is 82.4 Å². The molecule has 6 heteroatoms. The third kappa shape index (κ3) is 1.65. The van der Waals surface area contributed by atoms with Crippen LogP contribution in [0.1, 0.15) is 36.9 Å². The van der Waals surface area contributed by atoms with Gasteiger partial charge in [-0.1, -0.05) is 67.6 Å². The monoisotopic (exact) mass is 411 g/mol. The van der Waals surface area contributed by atoms with E-state index in [4.69, 9.17) is 0 Å². The van der Waals surface area contributed by atoms with Crippen LogP contribution in [0.25, 0.3) is 5.69 Å². The van der Waals surface area contributed by atoms with Gasteiger partial charge < -0.3 is 0 Å². The zero-order valence-electron chi connectivity index (χ0n) is 17.0. The number of carbonyl (C=O) groups is 1. The molecular weight excluding hydrogens is 390 g/mol. The first-order valence-corrected chi connectivity index (χ1v) is 10.8. The summed E-state index contributed by atoms with van der Waals surface area (Å²) in [6, 6.07) is 18.6. The normalized spacial score (nSPS) is 36.2. The lowest BCUT2D eigenvalue weighted by Crippen LogP contribution is -2.46. The number of allylic oxidation sites excluding steroid dienone is 2.